The Balaban J connectivity index is 1.84. The van der Waals surface area contributed by atoms with Crippen LogP contribution < -0.4 is 5.46 Å². The van der Waals surface area contributed by atoms with Gasteiger partial charge in [0.1, 0.15) is 0 Å². The maximum atomic E-state index is 6.27. The number of hydrogen-bond acceptors (Lipinski definition) is 3. The van der Waals surface area contributed by atoms with Gasteiger partial charge in [0.15, 0.2) is 0 Å². The molecule has 5 heteroatoms. The molecule has 0 N–H and O–H groups in total. The number of benzene rings is 1. The van der Waals surface area contributed by atoms with E-state index in [0.717, 1.165) is 5.52 Å². The molecule has 0 bridgehead atoms. The molecule has 2 fully saturated rings. The van der Waals surface area contributed by atoms with Gasteiger partial charge in [-0.2, -0.15) is 5.10 Å². The molecule has 116 valence electrons. The topological polar surface area (TPSA) is 36.3 Å². The van der Waals surface area contributed by atoms with Crippen molar-refractivity contribution < 1.29 is 9.31 Å². The Morgan fingerprint density at radius 3 is 2.36 bits per heavy atom. The Labute approximate surface area is 131 Å². The highest BCUT2D eigenvalue weighted by atomic mass is 16.7. The van der Waals surface area contributed by atoms with Crippen molar-refractivity contribution in [2.75, 3.05) is 0 Å². The first-order chi connectivity index (χ1) is 10.3. The number of aryl methyl sites for hydroxylation is 1. The maximum absolute atomic E-state index is 6.27. The lowest BCUT2D eigenvalue weighted by Gasteiger charge is -2.32. The van der Waals surface area contributed by atoms with Crippen LogP contribution in [0.3, 0.4) is 0 Å². The molecule has 0 unspecified atom stereocenters. The minimum atomic E-state index is -0.303. The summed E-state index contributed by atoms with van der Waals surface area (Å²) < 4.78 is 14.4. The van der Waals surface area contributed by atoms with Crippen molar-refractivity contribution in [3.05, 3.63) is 23.9 Å². The number of rotatable bonds is 2. The molecule has 4 rings (SSSR count). The first kappa shape index (κ1) is 14.3. The molecule has 1 saturated carbocycles. The van der Waals surface area contributed by atoms with Gasteiger partial charge in [-0.15, -0.1) is 0 Å². The SMILES string of the molecule is Cn1cc2c(C3CC3)c(B3OC(C)(C)C(C)(C)O3)ccc2n1. The van der Waals surface area contributed by atoms with E-state index < -0.39 is 0 Å². The van der Waals surface area contributed by atoms with Crippen LogP contribution in [0.5, 0.6) is 0 Å². The van der Waals surface area contributed by atoms with Gasteiger partial charge in [-0.05, 0) is 63.5 Å². The second-order valence-electron chi connectivity index (χ2n) is 7.67. The summed E-state index contributed by atoms with van der Waals surface area (Å²) in [5.74, 6) is 0.627. The first-order valence-corrected chi connectivity index (χ1v) is 8.10. The fourth-order valence-electron chi connectivity index (χ4n) is 3.25. The molecule has 2 heterocycles. The summed E-state index contributed by atoms with van der Waals surface area (Å²) in [6.45, 7) is 8.41. The van der Waals surface area contributed by atoms with Crippen LogP contribution in [-0.4, -0.2) is 28.1 Å². The van der Waals surface area contributed by atoms with Crippen LogP contribution in [-0.2, 0) is 16.4 Å². The number of nitrogens with zero attached hydrogens (tertiary/aromatic N) is 2. The van der Waals surface area contributed by atoms with Gasteiger partial charge in [-0.3, -0.25) is 4.68 Å². The van der Waals surface area contributed by atoms with Crippen LogP contribution in [0.15, 0.2) is 18.3 Å². The van der Waals surface area contributed by atoms with E-state index in [1.807, 2.05) is 11.7 Å². The van der Waals surface area contributed by atoms with Crippen LogP contribution >= 0.6 is 0 Å². The minimum absolute atomic E-state index is 0.287. The van der Waals surface area contributed by atoms with Gasteiger partial charge < -0.3 is 9.31 Å². The van der Waals surface area contributed by atoms with E-state index in [2.05, 4.69) is 51.1 Å². The van der Waals surface area contributed by atoms with Gasteiger partial charge in [0.2, 0.25) is 0 Å². The van der Waals surface area contributed by atoms with E-state index in [0.29, 0.717) is 5.92 Å². The van der Waals surface area contributed by atoms with E-state index in [-0.39, 0.29) is 18.3 Å². The largest absolute Gasteiger partial charge is 0.495 e. The molecular weight excluding hydrogens is 275 g/mol. The Hall–Kier alpha value is -1.33. The molecule has 1 aromatic heterocycles. The Kier molecular flexibility index (Phi) is 2.83. The molecule has 1 aliphatic heterocycles. The zero-order valence-electron chi connectivity index (χ0n) is 14.0. The summed E-state index contributed by atoms with van der Waals surface area (Å²) in [5.41, 5.74) is 3.01. The van der Waals surface area contributed by atoms with Crippen LogP contribution in [0.2, 0.25) is 0 Å². The van der Waals surface area contributed by atoms with E-state index >= 15 is 0 Å². The highest BCUT2D eigenvalue weighted by Crippen LogP contribution is 2.44. The molecular formula is C17H23BN2O2. The van der Waals surface area contributed by atoms with Crippen molar-refractivity contribution in [3.63, 3.8) is 0 Å². The molecule has 2 aliphatic rings. The third-order valence-corrected chi connectivity index (χ3v) is 5.37. The average molecular weight is 298 g/mol. The molecule has 2 aromatic rings. The fourth-order valence-corrected chi connectivity index (χ4v) is 3.25. The van der Waals surface area contributed by atoms with E-state index in [9.17, 15) is 0 Å². The Morgan fingerprint density at radius 2 is 1.77 bits per heavy atom. The van der Waals surface area contributed by atoms with Crippen LogP contribution in [0.25, 0.3) is 10.9 Å². The highest BCUT2D eigenvalue weighted by Gasteiger charge is 2.52. The van der Waals surface area contributed by atoms with Gasteiger partial charge in [0, 0.05) is 18.6 Å². The van der Waals surface area contributed by atoms with Crippen molar-refractivity contribution in [2.24, 2.45) is 7.05 Å². The second kappa shape index (κ2) is 4.36. The predicted octanol–water partition coefficient (Wildman–Crippen LogP) is 2.75. The molecule has 0 amide bonds. The van der Waals surface area contributed by atoms with Gasteiger partial charge in [-0.25, -0.2) is 0 Å². The molecule has 1 aromatic carbocycles. The quantitative estimate of drug-likeness (QED) is 0.800. The second-order valence-corrected chi connectivity index (χ2v) is 7.67. The summed E-state index contributed by atoms with van der Waals surface area (Å²) in [4.78, 5) is 0. The minimum Gasteiger partial charge on any atom is -0.399 e. The summed E-state index contributed by atoms with van der Waals surface area (Å²) in [5, 5.41) is 5.79. The van der Waals surface area contributed by atoms with Crippen molar-refractivity contribution >= 4 is 23.5 Å². The van der Waals surface area contributed by atoms with Gasteiger partial charge in [0.05, 0.1) is 16.7 Å². The lowest BCUT2D eigenvalue weighted by Crippen LogP contribution is -2.41. The molecule has 22 heavy (non-hydrogen) atoms. The number of hydrogen-bond donors (Lipinski definition) is 0. The summed E-state index contributed by atoms with van der Waals surface area (Å²) >= 11 is 0. The van der Waals surface area contributed by atoms with Crippen LogP contribution in [0.1, 0.15) is 52.0 Å². The average Bonchev–Trinajstić information content (AvgIpc) is 3.12. The zero-order valence-corrected chi connectivity index (χ0v) is 14.0. The van der Waals surface area contributed by atoms with Crippen molar-refractivity contribution in [3.8, 4) is 0 Å². The molecule has 1 saturated heterocycles. The molecule has 0 radical (unpaired) electrons. The van der Waals surface area contributed by atoms with Gasteiger partial charge in [0.25, 0.3) is 0 Å². The highest BCUT2D eigenvalue weighted by molar-refractivity contribution is 6.63. The van der Waals surface area contributed by atoms with E-state index in [1.54, 1.807) is 0 Å². The normalized spacial score (nSPS) is 23.4. The van der Waals surface area contributed by atoms with Crippen molar-refractivity contribution in [1.29, 1.82) is 0 Å². The Morgan fingerprint density at radius 1 is 1.14 bits per heavy atom. The smallest absolute Gasteiger partial charge is 0.399 e. The molecule has 1 aliphatic carbocycles. The standard InChI is InChI=1S/C17H23BN2O2/c1-16(2)17(3,4)22-18(21-16)13-8-9-14-12(10-20(5)19-14)15(13)11-6-7-11/h8-11H,6-7H2,1-5H3. The van der Waals surface area contributed by atoms with Crippen LogP contribution in [0, 0.1) is 0 Å². The molecule has 0 spiro atoms. The fraction of sp³-hybridized carbons (Fsp3) is 0.588. The monoisotopic (exact) mass is 298 g/mol. The van der Waals surface area contributed by atoms with Gasteiger partial charge >= 0.3 is 7.12 Å². The van der Waals surface area contributed by atoms with Gasteiger partial charge in [-0.1, -0.05) is 6.07 Å². The van der Waals surface area contributed by atoms with Crippen molar-refractivity contribution in [1.82, 2.24) is 9.78 Å². The Bertz CT molecular complexity index is 730. The van der Waals surface area contributed by atoms with Crippen LogP contribution in [0.4, 0.5) is 0 Å². The lowest BCUT2D eigenvalue weighted by molar-refractivity contribution is 0.00578. The summed E-state index contributed by atoms with van der Waals surface area (Å²) in [6, 6.07) is 4.23. The summed E-state index contributed by atoms with van der Waals surface area (Å²) in [6.07, 6.45) is 4.62. The molecule has 4 nitrogen and oxygen atoms in total. The van der Waals surface area contributed by atoms with Crippen molar-refractivity contribution in [2.45, 2.75) is 57.7 Å². The van der Waals surface area contributed by atoms with E-state index in [1.165, 1.54) is 29.3 Å². The number of aromatic nitrogens is 2. The number of fused-ring (bicyclic) bond motifs is 1. The third kappa shape index (κ3) is 2.03. The molecule has 0 atom stereocenters. The zero-order chi connectivity index (χ0) is 15.7. The predicted molar refractivity (Wildman–Crippen MR) is 88.4 cm³/mol. The van der Waals surface area contributed by atoms with E-state index in [4.69, 9.17) is 9.31 Å². The lowest BCUT2D eigenvalue weighted by atomic mass is 9.74. The first-order valence-electron chi connectivity index (χ1n) is 8.10. The maximum Gasteiger partial charge on any atom is 0.495 e. The summed E-state index contributed by atoms with van der Waals surface area (Å²) in [7, 11) is 1.69. The third-order valence-electron chi connectivity index (χ3n) is 5.37.